The molecule has 0 aliphatic rings. The van der Waals surface area contributed by atoms with Crippen molar-refractivity contribution in [2.24, 2.45) is 0 Å². The minimum atomic E-state index is -0.0732. The number of nitrogens with zero attached hydrogens (tertiary/aromatic N) is 4. The first-order valence-electron chi connectivity index (χ1n) is 6.30. The second-order valence-corrected chi connectivity index (χ2v) is 7.17. The zero-order valence-electron chi connectivity index (χ0n) is 11.1. The highest BCUT2D eigenvalue weighted by Crippen LogP contribution is 2.27. The zero-order chi connectivity index (χ0) is 15.1. The van der Waals surface area contributed by atoms with Gasteiger partial charge in [-0.3, -0.25) is 9.20 Å². The minimum Gasteiger partial charge on any atom is -0.383 e. The summed E-state index contributed by atoms with van der Waals surface area (Å²) in [7, 11) is 0. The number of rotatable bonds is 3. The van der Waals surface area contributed by atoms with Gasteiger partial charge in [-0.15, -0.1) is 22.7 Å². The highest BCUT2D eigenvalue weighted by Gasteiger charge is 2.09. The molecule has 4 heterocycles. The average molecular weight is 347 g/mol. The lowest BCUT2D eigenvalue weighted by Gasteiger charge is -2.02. The average Bonchev–Trinajstić information content (AvgIpc) is 3.13. The van der Waals surface area contributed by atoms with E-state index in [-0.39, 0.29) is 5.56 Å². The number of thiophene rings is 1. The molecule has 110 valence electrons. The van der Waals surface area contributed by atoms with Crippen molar-refractivity contribution in [3.05, 3.63) is 45.1 Å². The maximum atomic E-state index is 11.9. The molecular weight excluding hydrogens is 338 g/mol. The molecule has 0 saturated carbocycles. The Balaban J connectivity index is 1.63. The lowest BCUT2D eigenvalue weighted by Crippen LogP contribution is -2.12. The molecule has 0 atom stereocenters. The molecule has 0 fully saturated rings. The maximum absolute atomic E-state index is 11.9. The standard InChI is InChI=1S/C13H9N5OS3/c14-10-8-1-3-20-11(8)17-12(16-10)22-6-7-5-9(19)18-2-4-21-13(18)15-7/h1-5H,6H2,(H2,14,16,17). The molecule has 0 aliphatic carbocycles. The number of thiazole rings is 1. The largest absolute Gasteiger partial charge is 0.383 e. The third kappa shape index (κ3) is 2.36. The summed E-state index contributed by atoms with van der Waals surface area (Å²) in [5.41, 5.74) is 6.57. The van der Waals surface area contributed by atoms with Crippen LogP contribution in [0.25, 0.3) is 15.2 Å². The molecule has 0 aliphatic heterocycles. The molecule has 0 amide bonds. The first kappa shape index (κ1) is 13.7. The Bertz CT molecular complexity index is 1030. The third-order valence-electron chi connectivity index (χ3n) is 3.04. The first-order chi connectivity index (χ1) is 10.7. The monoisotopic (exact) mass is 347 g/mol. The highest BCUT2D eigenvalue weighted by atomic mass is 32.2. The summed E-state index contributed by atoms with van der Waals surface area (Å²) in [6.45, 7) is 0. The van der Waals surface area contributed by atoms with E-state index in [0.717, 1.165) is 10.2 Å². The molecule has 0 unspecified atom stereocenters. The lowest BCUT2D eigenvalue weighted by molar-refractivity contribution is 1.01. The highest BCUT2D eigenvalue weighted by molar-refractivity contribution is 7.98. The SMILES string of the molecule is Nc1nc(SCc2cc(=O)n3ccsc3n2)nc2sccc12. The summed E-state index contributed by atoms with van der Waals surface area (Å²) in [6, 6.07) is 3.46. The van der Waals surface area contributed by atoms with Crippen LogP contribution in [0.5, 0.6) is 0 Å². The summed E-state index contributed by atoms with van der Waals surface area (Å²) in [6.07, 6.45) is 1.72. The molecule has 0 radical (unpaired) electrons. The second kappa shape index (κ2) is 5.34. The quantitative estimate of drug-likeness (QED) is 0.453. The van der Waals surface area contributed by atoms with E-state index in [0.29, 0.717) is 27.4 Å². The molecule has 22 heavy (non-hydrogen) atoms. The Hall–Kier alpha value is -1.97. The Labute approximate surface area is 136 Å². The fourth-order valence-corrected chi connectivity index (χ4v) is 4.33. The van der Waals surface area contributed by atoms with E-state index in [2.05, 4.69) is 15.0 Å². The predicted molar refractivity (Wildman–Crippen MR) is 90.7 cm³/mol. The van der Waals surface area contributed by atoms with Gasteiger partial charge in [0.15, 0.2) is 10.1 Å². The van der Waals surface area contributed by atoms with Gasteiger partial charge >= 0.3 is 0 Å². The van der Waals surface area contributed by atoms with Crippen molar-refractivity contribution in [3.63, 3.8) is 0 Å². The van der Waals surface area contributed by atoms with Gasteiger partial charge in [0.25, 0.3) is 5.56 Å². The third-order valence-corrected chi connectivity index (χ3v) is 5.48. The molecule has 2 N–H and O–H groups in total. The van der Waals surface area contributed by atoms with E-state index < -0.39 is 0 Å². The smallest absolute Gasteiger partial charge is 0.258 e. The van der Waals surface area contributed by atoms with Crippen LogP contribution in [0.1, 0.15) is 5.69 Å². The van der Waals surface area contributed by atoms with Crippen molar-refractivity contribution in [1.82, 2.24) is 19.4 Å². The Kier molecular flexibility index (Phi) is 3.32. The molecule has 4 aromatic rings. The van der Waals surface area contributed by atoms with Gasteiger partial charge in [-0.1, -0.05) is 11.8 Å². The molecule has 4 aromatic heterocycles. The van der Waals surface area contributed by atoms with Gasteiger partial charge in [0, 0.05) is 23.4 Å². The van der Waals surface area contributed by atoms with Gasteiger partial charge in [0.05, 0.1) is 11.1 Å². The summed E-state index contributed by atoms with van der Waals surface area (Å²) >= 11 is 4.39. The number of thioether (sulfide) groups is 1. The van der Waals surface area contributed by atoms with Gasteiger partial charge in [-0.25, -0.2) is 15.0 Å². The predicted octanol–water partition coefficient (Wildman–Crippen LogP) is 2.64. The second-order valence-electron chi connectivity index (χ2n) is 4.46. The number of aromatic nitrogens is 4. The summed E-state index contributed by atoms with van der Waals surface area (Å²) < 4.78 is 1.53. The van der Waals surface area contributed by atoms with Gasteiger partial charge in [-0.2, -0.15) is 0 Å². The van der Waals surface area contributed by atoms with E-state index in [4.69, 9.17) is 5.73 Å². The van der Waals surface area contributed by atoms with Crippen LogP contribution in [0.15, 0.2) is 39.0 Å². The number of nitrogens with two attached hydrogens (primary N) is 1. The maximum Gasteiger partial charge on any atom is 0.258 e. The van der Waals surface area contributed by atoms with Crippen molar-refractivity contribution in [3.8, 4) is 0 Å². The molecule has 0 saturated heterocycles. The van der Waals surface area contributed by atoms with Crippen LogP contribution in [0.4, 0.5) is 5.82 Å². The van der Waals surface area contributed by atoms with Crippen LogP contribution in [-0.4, -0.2) is 19.4 Å². The zero-order valence-corrected chi connectivity index (χ0v) is 13.5. The fraction of sp³-hybridized carbons (Fsp3) is 0.0769. The van der Waals surface area contributed by atoms with Crippen LogP contribution < -0.4 is 11.3 Å². The number of nitrogen functional groups attached to an aromatic ring is 1. The Morgan fingerprint density at radius 1 is 1.23 bits per heavy atom. The van der Waals surface area contributed by atoms with E-state index >= 15 is 0 Å². The number of anilines is 1. The van der Waals surface area contributed by atoms with Gasteiger partial charge in [0.1, 0.15) is 10.6 Å². The normalized spacial score (nSPS) is 11.5. The van der Waals surface area contributed by atoms with Gasteiger partial charge < -0.3 is 5.73 Å². The van der Waals surface area contributed by atoms with Crippen LogP contribution in [-0.2, 0) is 5.75 Å². The topological polar surface area (TPSA) is 86.2 Å². The molecule has 0 bridgehead atoms. The van der Waals surface area contributed by atoms with Crippen LogP contribution in [0.3, 0.4) is 0 Å². The van der Waals surface area contributed by atoms with Crippen LogP contribution in [0.2, 0.25) is 0 Å². The van der Waals surface area contributed by atoms with E-state index in [9.17, 15) is 4.79 Å². The molecule has 0 aromatic carbocycles. The Morgan fingerprint density at radius 2 is 2.14 bits per heavy atom. The first-order valence-corrected chi connectivity index (χ1v) is 9.04. The van der Waals surface area contributed by atoms with Crippen LogP contribution in [0, 0.1) is 0 Å². The molecule has 0 spiro atoms. The summed E-state index contributed by atoms with van der Waals surface area (Å²) in [5.74, 6) is 1.01. The minimum absolute atomic E-state index is 0.0732. The van der Waals surface area contributed by atoms with Crippen LogP contribution >= 0.6 is 34.4 Å². The lowest BCUT2D eigenvalue weighted by atomic mass is 10.4. The van der Waals surface area contributed by atoms with E-state index in [1.165, 1.54) is 38.8 Å². The van der Waals surface area contributed by atoms with Gasteiger partial charge in [-0.05, 0) is 11.4 Å². The van der Waals surface area contributed by atoms with Crippen molar-refractivity contribution in [1.29, 1.82) is 0 Å². The molecule has 9 heteroatoms. The fourth-order valence-electron chi connectivity index (χ4n) is 2.02. The van der Waals surface area contributed by atoms with Crippen molar-refractivity contribution in [2.75, 3.05) is 5.73 Å². The molecule has 4 rings (SSSR count). The molecule has 6 nitrogen and oxygen atoms in total. The number of hydrogen-bond donors (Lipinski definition) is 1. The van der Waals surface area contributed by atoms with E-state index in [1.807, 2.05) is 16.8 Å². The number of fused-ring (bicyclic) bond motifs is 2. The van der Waals surface area contributed by atoms with Gasteiger partial charge in [0.2, 0.25) is 0 Å². The summed E-state index contributed by atoms with van der Waals surface area (Å²) in [4.78, 5) is 26.7. The van der Waals surface area contributed by atoms with Crippen molar-refractivity contribution >= 4 is 55.4 Å². The molecular formula is C13H9N5OS3. The number of hydrogen-bond acceptors (Lipinski definition) is 8. The van der Waals surface area contributed by atoms with Crippen molar-refractivity contribution < 1.29 is 0 Å². The van der Waals surface area contributed by atoms with Crippen molar-refractivity contribution in [2.45, 2.75) is 10.9 Å². The Morgan fingerprint density at radius 3 is 3.05 bits per heavy atom. The summed E-state index contributed by atoms with van der Waals surface area (Å²) in [5, 5.41) is 5.26. The van der Waals surface area contributed by atoms with E-state index in [1.54, 1.807) is 12.3 Å².